The van der Waals surface area contributed by atoms with Crippen LogP contribution in [0.5, 0.6) is 0 Å². The SMILES string of the molecule is Cn1ccc(CNCC2(C)CCCC2)n1. The van der Waals surface area contributed by atoms with Crippen molar-refractivity contribution in [2.24, 2.45) is 12.5 Å². The van der Waals surface area contributed by atoms with Crippen LogP contribution in [0.1, 0.15) is 38.3 Å². The van der Waals surface area contributed by atoms with Crippen molar-refractivity contribution in [3.05, 3.63) is 18.0 Å². The smallest absolute Gasteiger partial charge is 0.0762 e. The summed E-state index contributed by atoms with van der Waals surface area (Å²) in [5.41, 5.74) is 1.67. The molecule has 1 aliphatic carbocycles. The summed E-state index contributed by atoms with van der Waals surface area (Å²) >= 11 is 0. The Morgan fingerprint density at radius 3 is 2.80 bits per heavy atom. The third kappa shape index (κ3) is 2.81. The molecular formula is C12H21N3. The first-order chi connectivity index (χ1) is 7.18. The lowest BCUT2D eigenvalue weighted by atomic mass is 9.89. The molecule has 1 heterocycles. The monoisotopic (exact) mass is 207 g/mol. The van der Waals surface area contributed by atoms with Crippen molar-refractivity contribution >= 4 is 0 Å². The highest BCUT2D eigenvalue weighted by Gasteiger charge is 2.27. The summed E-state index contributed by atoms with van der Waals surface area (Å²) in [6.45, 7) is 4.42. The van der Waals surface area contributed by atoms with Gasteiger partial charge in [0.25, 0.3) is 0 Å². The quantitative estimate of drug-likeness (QED) is 0.819. The maximum Gasteiger partial charge on any atom is 0.0762 e. The first kappa shape index (κ1) is 10.7. The minimum atomic E-state index is 0.536. The highest BCUT2D eigenvalue weighted by Crippen LogP contribution is 2.36. The van der Waals surface area contributed by atoms with Gasteiger partial charge in [0.2, 0.25) is 0 Å². The summed E-state index contributed by atoms with van der Waals surface area (Å²) in [5.74, 6) is 0. The molecule has 1 aromatic heterocycles. The van der Waals surface area contributed by atoms with Crippen LogP contribution >= 0.6 is 0 Å². The average molecular weight is 207 g/mol. The number of nitrogens with one attached hydrogen (secondary N) is 1. The number of hydrogen-bond donors (Lipinski definition) is 1. The molecule has 1 saturated carbocycles. The van der Waals surface area contributed by atoms with E-state index in [1.165, 1.54) is 25.7 Å². The standard InChI is InChI=1S/C12H21N3/c1-12(6-3-4-7-12)10-13-9-11-5-8-15(2)14-11/h5,8,13H,3-4,6-7,9-10H2,1-2H3. The lowest BCUT2D eigenvalue weighted by molar-refractivity contribution is 0.314. The number of aryl methyl sites for hydroxylation is 1. The van der Waals surface area contributed by atoms with Gasteiger partial charge in [-0.2, -0.15) is 5.10 Å². The molecule has 1 aromatic rings. The zero-order valence-corrected chi connectivity index (χ0v) is 9.79. The third-order valence-electron chi connectivity index (χ3n) is 3.44. The molecule has 0 saturated heterocycles. The molecule has 15 heavy (non-hydrogen) atoms. The van der Waals surface area contributed by atoms with E-state index in [4.69, 9.17) is 0 Å². The van der Waals surface area contributed by atoms with Crippen molar-refractivity contribution < 1.29 is 0 Å². The van der Waals surface area contributed by atoms with E-state index in [1.807, 2.05) is 17.9 Å². The van der Waals surface area contributed by atoms with Gasteiger partial charge in [-0.1, -0.05) is 19.8 Å². The van der Waals surface area contributed by atoms with Crippen molar-refractivity contribution in [1.82, 2.24) is 15.1 Å². The van der Waals surface area contributed by atoms with Gasteiger partial charge in [0, 0.05) is 26.3 Å². The Hall–Kier alpha value is -0.830. The van der Waals surface area contributed by atoms with Crippen LogP contribution in [0.4, 0.5) is 0 Å². The molecule has 3 nitrogen and oxygen atoms in total. The first-order valence-electron chi connectivity index (χ1n) is 5.87. The highest BCUT2D eigenvalue weighted by molar-refractivity contribution is 4.98. The van der Waals surface area contributed by atoms with E-state index in [1.54, 1.807) is 0 Å². The van der Waals surface area contributed by atoms with Crippen LogP contribution in [0.25, 0.3) is 0 Å². The second-order valence-electron chi connectivity index (χ2n) is 5.10. The fourth-order valence-electron chi connectivity index (χ4n) is 2.46. The van der Waals surface area contributed by atoms with Crippen LogP contribution < -0.4 is 5.32 Å². The maximum absolute atomic E-state index is 4.35. The van der Waals surface area contributed by atoms with E-state index in [-0.39, 0.29) is 0 Å². The summed E-state index contributed by atoms with van der Waals surface area (Å²) in [6.07, 6.45) is 7.56. The lowest BCUT2D eigenvalue weighted by Gasteiger charge is -2.23. The summed E-state index contributed by atoms with van der Waals surface area (Å²) in [4.78, 5) is 0. The number of aromatic nitrogens is 2. The van der Waals surface area contributed by atoms with Crippen LogP contribution in [-0.4, -0.2) is 16.3 Å². The van der Waals surface area contributed by atoms with Crippen LogP contribution in [0.2, 0.25) is 0 Å². The highest BCUT2D eigenvalue weighted by atomic mass is 15.3. The molecular weight excluding hydrogens is 186 g/mol. The molecule has 1 fully saturated rings. The zero-order valence-electron chi connectivity index (χ0n) is 9.79. The Labute approximate surface area is 91.9 Å². The van der Waals surface area contributed by atoms with Gasteiger partial charge in [0.15, 0.2) is 0 Å². The number of nitrogens with zero attached hydrogens (tertiary/aromatic N) is 2. The minimum absolute atomic E-state index is 0.536. The van der Waals surface area contributed by atoms with Gasteiger partial charge in [-0.05, 0) is 24.3 Å². The Morgan fingerprint density at radius 1 is 1.47 bits per heavy atom. The molecule has 1 N–H and O–H groups in total. The van der Waals surface area contributed by atoms with Gasteiger partial charge >= 0.3 is 0 Å². The van der Waals surface area contributed by atoms with Gasteiger partial charge < -0.3 is 5.32 Å². The van der Waals surface area contributed by atoms with Crippen molar-refractivity contribution in [2.75, 3.05) is 6.54 Å². The summed E-state index contributed by atoms with van der Waals surface area (Å²) in [5, 5.41) is 7.87. The van der Waals surface area contributed by atoms with E-state index >= 15 is 0 Å². The van der Waals surface area contributed by atoms with E-state index in [0.29, 0.717) is 5.41 Å². The number of hydrogen-bond acceptors (Lipinski definition) is 2. The molecule has 0 spiro atoms. The van der Waals surface area contributed by atoms with Crippen molar-refractivity contribution in [2.45, 2.75) is 39.2 Å². The van der Waals surface area contributed by atoms with Crippen molar-refractivity contribution in [3.63, 3.8) is 0 Å². The van der Waals surface area contributed by atoms with Crippen molar-refractivity contribution in [3.8, 4) is 0 Å². The van der Waals surface area contributed by atoms with Crippen LogP contribution in [-0.2, 0) is 13.6 Å². The molecule has 1 aliphatic rings. The Balaban J connectivity index is 1.75. The fourth-order valence-corrected chi connectivity index (χ4v) is 2.46. The second kappa shape index (κ2) is 4.35. The first-order valence-corrected chi connectivity index (χ1v) is 5.87. The molecule has 0 bridgehead atoms. The normalized spacial score (nSPS) is 19.6. The van der Waals surface area contributed by atoms with Crippen LogP contribution in [0.3, 0.4) is 0 Å². The third-order valence-corrected chi connectivity index (χ3v) is 3.44. The largest absolute Gasteiger partial charge is 0.311 e. The molecule has 0 radical (unpaired) electrons. The zero-order chi connectivity index (χ0) is 10.7. The van der Waals surface area contributed by atoms with E-state index < -0.39 is 0 Å². The topological polar surface area (TPSA) is 29.9 Å². The lowest BCUT2D eigenvalue weighted by Crippen LogP contribution is -2.29. The summed E-state index contributed by atoms with van der Waals surface area (Å²) < 4.78 is 1.86. The molecule has 0 unspecified atom stereocenters. The molecule has 0 aliphatic heterocycles. The number of rotatable bonds is 4. The minimum Gasteiger partial charge on any atom is -0.311 e. The predicted molar refractivity (Wildman–Crippen MR) is 61.5 cm³/mol. The van der Waals surface area contributed by atoms with E-state index in [9.17, 15) is 0 Å². The van der Waals surface area contributed by atoms with Crippen molar-refractivity contribution in [1.29, 1.82) is 0 Å². The van der Waals surface area contributed by atoms with Gasteiger partial charge in [-0.3, -0.25) is 4.68 Å². The summed E-state index contributed by atoms with van der Waals surface area (Å²) in [6, 6.07) is 2.07. The van der Waals surface area contributed by atoms with Gasteiger partial charge in [0.1, 0.15) is 0 Å². The predicted octanol–water partition coefficient (Wildman–Crippen LogP) is 2.09. The van der Waals surface area contributed by atoms with Crippen LogP contribution in [0, 0.1) is 5.41 Å². The fraction of sp³-hybridized carbons (Fsp3) is 0.750. The Kier molecular flexibility index (Phi) is 3.10. The average Bonchev–Trinajstić information content (AvgIpc) is 2.76. The van der Waals surface area contributed by atoms with Crippen LogP contribution in [0.15, 0.2) is 12.3 Å². The second-order valence-corrected chi connectivity index (χ2v) is 5.10. The molecule has 3 heteroatoms. The van der Waals surface area contributed by atoms with Gasteiger partial charge in [-0.15, -0.1) is 0 Å². The maximum atomic E-state index is 4.35. The summed E-state index contributed by atoms with van der Waals surface area (Å²) in [7, 11) is 1.96. The van der Waals surface area contributed by atoms with Gasteiger partial charge in [-0.25, -0.2) is 0 Å². The van der Waals surface area contributed by atoms with E-state index in [2.05, 4.69) is 23.4 Å². The molecule has 0 atom stereocenters. The molecule has 0 aromatic carbocycles. The Morgan fingerprint density at radius 2 is 2.20 bits per heavy atom. The van der Waals surface area contributed by atoms with E-state index in [0.717, 1.165) is 18.8 Å². The molecule has 84 valence electrons. The van der Waals surface area contributed by atoms with Gasteiger partial charge in [0.05, 0.1) is 5.69 Å². The molecule has 0 amide bonds. The Bertz CT molecular complexity index is 310. The molecule has 2 rings (SSSR count).